The van der Waals surface area contributed by atoms with Gasteiger partial charge >= 0.3 is 0 Å². The molecule has 108 valence electrons. The number of hydrogen-bond acceptors (Lipinski definition) is 2. The topological polar surface area (TPSA) is 38.3 Å². The van der Waals surface area contributed by atoms with Gasteiger partial charge in [0, 0.05) is 12.1 Å². The highest BCUT2D eigenvalue weighted by molar-refractivity contribution is 5.91. The molecule has 2 rings (SSSR count). The first-order valence-electron chi connectivity index (χ1n) is 7.49. The second kappa shape index (κ2) is 7.73. The summed E-state index contributed by atoms with van der Waals surface area (Å²) in [7, 11) is 0. The lowest BCUT2D eigenvalue weighted by atomic mass is 9.95. The summed E-state index contributed by atoms with van der Waals surface area (Å²) in [6.45, 7) is 2.61. The standard InChI is InChI=1S/C17H23NO2/c1-2-20-16-10-6-7-14(13-16)11-12-17(19)18-15-8-4-3-5-9-15/h6-7,10-13,15H,2-5,8-9H2,1H3,(H,18,19)/b12-11+. The van der Waals surface area contributed by atoms with Crippen molar-refractivity contribution in [2.24, 2.45) is 0 Å². The first-order chi connectivity index (χ1) is 9.78. The van der Waals surface area contributed by atoms with E-state index >= 15 is 0 Å². The van der Waals surface area contributed by atoms with Crippen molar-refractivity contribution in [2.45, 2.75) is 45.1 Å². The van der Waals surface area contributed by atoms with E-state index in [1.807, 2.05) is 37.3 Å². The van der Waals surface area contributed by atoms with Gasteiger partial charge in [-0.1, -0.05) is 31.4 Å². The van der Waals surface area contributed by atoms with E-state index in [-0.39, 0.29) is 5.91 Å². The van der Waals surface area contributed by atoms with Crippen LogP contribution in [0.3, 0.4) is 0 Å². The Morgan fingerprint density at radius 2 is 2.15 bits per heavy atom. The fourth-order valence-electron chi connectivity index (χ4n) is 2.54. The van der Waals surface area contributed by atoms with E-state index in [0.717, 1.165) is 24.2 Å². The zero-order valence-electron chi connectivity index (χ0n) is 12.1. The molecule has 1 aromatic carbocycles. The molecule has 0 saturated heterocycles. The molecule has 1 saturated carbocycles. The first-order valence-corrected chi connectivity index (χ1v) is 7.49. The Morgan fingerprint density at radius 1 is 1.35 bits per heavy atom. The average molecular weight is 273 g/mol. The first kappa shape index (κ1) is 14.6. The fourth-order valence-corrected chi connectivity index (χ4v) is 2.54. The van der Waals surface area contributed by atoms with Gasteiger partial charge in [0.25, 0.3) is 0 Å². The fraction of sp³-hybridized carbons (Fsp3) is 0.471. The molecule has 1 amide bonds. The Kier molecular flexibility index (Phi) is 5.66. The van der Waals surface area contributed by atoms with E-state index in [4.69, 9.17) is 4.74 Å². The van der Waals surface area contributed by atoms with Crippen LogP contribution in [0.1, 0.15) is 44.6 Å². The number of benzene rings is 1. The summed E-state index contributed by atoms with van der Waals surface area (Å²) >= 11 is 0. The average Bonchev–Trinajstić information content (AvgIpc) is 2.47. The number of hydrogen-bond donors (Lipinski definition) is 1. The largest absolute Gasteiger partial charge is 0.494 e. The van der Waals surface area contributed by atoms with Gasteiger partial charge in [0.1, 0.15) is 5.75 Å². The summed E-state index contributed by atoms with van der Waals surface area (Å²) in [6, 6.07) is 8.11. The van der Waals surface area contributed by atoms with E-state index in [1.54, 1.807) is 6.08 Å². The molecule has 0 atom stereocenters. The molecule has 1 aromatic rings. The van der Waals surface area contributed by atoms with Gasteiger partial charge in [-0.15, -0.1) is 0 Å². The highest BCUT2D eigenvalue weighted by atomic mass is 16.5. The van der Waals surface area contributed by atoms with Crippen LogP contribution in [0.4, 0.5) is 0 Å². The lowest BCUT2D eigenvalue weighted by Crippen LogP contribution is -2.34. The third kappa shape index (κ3) is 4.72. The van der Waals surface area contributed by atoms with Crippen LogP contribution in [-0.2, 0) is 4.79 Å². The molecule has 0 aromatic heterocycles. The molecule has 0 radical (unpaired) electrons. The zero-order valence-corrected chi connectivity index (χ0v) is 12.1. The van der Waals surface area contributed by atoms with Crippen molar-refractivity contribution in [3.05, 3.63) is 35.9 Å². The second-order valence-corrected chi connectivity index (χ2v) is 5.18. The van der Waals surface area contributed by atoms with Crippen LogP contribution >= 0.6 is 0 Å². The van der Waals surface area contributed by atoms with Crippen LogP contribution in [0.15, 0.2) is 30.3 Å². The molecule has 20 heavy (non-hydrogen) atoms. The molecular formula is C17H23NO2. The number of carbonyl (C=O) groups is 1. The maximum Gasteiger partial charge on any atom is 0.244 e. The quantitative estimate of drug-likeness (QED) is 0.833. The van der Waals surface area contributed by atoms with Crippen molar-refractivity contribution in [2.75, 3.05) is 6.61 Å². The monoisotopic (exact) mass is 273 g/mol. The number of rotatable bonds is 5. The Balaban J connectivity index is 1.87. The Labute approximate surface area is 121 Å². The molecule has 1 aliphatic rings. The summed E-state index contributed by atoms with van der Waals surface area (Å²) in [6.07, 6.45) is 9.42. The molecular weight excluding hydrogens is 250 g/mol. The van der Waals surface area contributed by atoms with Crippen molar-refractivity contribution in [1.29, 1.82) is 0 Å². The van der Waals surface area contributed by atoms with Gasteiger partial charge in [0.15, 0.2) is 0 Å². The zero-order chi connectivity index (χ0) is 14.2. The summed E-state index contributed by atoms with van der Waals surface area (Å²) < 4.78 is 5.44. The summed E-state index contributed by atoms with van der Waals surface area (Å²) in [5, 5.41) is 3.07. The van der Waals surface area contributed by atoms with Crippen molar-refractivity contribution in [3.63, 3.8) is 0 Å². The van der Waals surface area contributed by atoms with Crippen LogP contribution in [0.25, 0.3) is 6.08 Å². The predicted molar refractivity (Wildman–Crippen MR) is 81.7 cm³/mol. The van der Waals surface area contributed by atoms with Gasteiger partial charge in [-0.3, -0.25) is 4.79 Å². The van der Waals surface area contributed by atoms with Crippen LogP contribution in [0.5, 0.6) is 5.75 Å². The van der Waals surface area contributed by atoms with Gasteiger partial charge in [-0.25, -0.2) is 0 Å². The predicted octanol–water partition coefficient (Wildman–Crippen LogP) is 3.55. The van der Waals surface area contributed by atoms with E-state index in [0.29, 0.717) is 12.6 Å². The maximum atomic E-state index is 11.9. The van der Waals surface area contributed by atoms with Gasteiger partial charge in [0.05, 0.1) is 6.61 Å². The summed E-state index contributed by atoms with van der Waals surface area (Å²) in [5.41, 5.74) is 0.981. The number of ether oxygens (including phenoxy) is 1. The van der Waals surface area contributed by atoms with Crippen LogP contribution in [0.2, 0.25) is 0 Å². The molecule has 0 bridgehead atoms. The van der Waals surface area contributed by atoms with Crippen molar-refractivity contribution in [3.8, 4) is 5.75 Å². The van der Waals surface area contributed by atoms with Crippen LogP contribution < -0.4 is 10.1 Å². The Morgan fingerprint density at radius 3 is 2.90 bits per heavy atom. The Bertz CT molecular complexity index is 462. The molecule has 0 heterocycles. The highest BCUT2D eigenvalue weighted by Crippen LogP contribution is 2.17. The lowest BCUT2D eigenvalue weighted by molar-refractivity contribution is -0.117. The number of amides is 1. The van der Waals surface area contributed by atoms with Crippen molar-refractivity contribution < 1.29 is 9.53 Å². The lowest BCUT2D eigenvalue weighted by Gasteiger charge is -2.21. The molecule has 3 nitrogen and oxygen atoms in total. The van der Waals surface area contributed by atoms with E-state index < -0.39 is 0 Å². The van der Waals surface area contributed by atoms with Crippen molar-refractivity contribution >= 4 is 12.0 Å². The summed E-state index contributed by atoms with van der Waals surface area (Å²) in [5.74, 6) is 0.834. The third-order valence-electron chi connectivity index (χ3n) is 3.55. The minimum atomic E-state index is -0.00119. The molecule has 0 unspecified atom stereocenters. The van der Waals surface area contributed by atoms with Gasteiger partial charge in [-0.2, -0.15) is 0 Å². The molecule has 3 heteroatoms. The molecule has 1 aliphatic carbocycles. The maximum absolute atomic E-state index is 11.9. The van der Waals surface area contributed by atoms with Crippen LogP contribution in [-0.4, -0.2) is 18.6 Å². The SMILES string of the molecule is CCOc1cccc(/C=C/C(=O)NC2CCCCC2)c1. The Hall–Kier alpha value is -1.77. The molecule has 1 N–H and O–H groups in total. The smallest absolute Gasteiger partial charge is 0.244 e. The number of nitrogens with one attached hydrogen (secondary N) is 1. The third-order valence-corrected chi connectivity index (χ3v) is 3.55. The van der Waals surface area contributed by atoms with Gasteiger partial charge < -0.3 is 10.1 Å². The minimum absolute atomic E-state index is 0.00119. The van der Waals surface area contributed by atoms with E-state index in [9.17, 15) is 4.79 Å². The molecule has 1 fully saturated rings. The van der Waals surface area contributed by atoms with E-state index in [2.05, 4.69) is 5.32 Å². The molecule has 0 spiro atoms. The highest BCUT2D eigenvalue weighted by Gasteiger charge is 2.13. The van der Waals surface area contributed by atoms with Crippen molar-refractivity contribution in [1.82, 2.24) is 5.32 Å². The second-order valence-electron chi connectivity index (χ2n) is 5.18. The van der Waals surface area contributed by atoms with Gasteiger partial charge in [-0.05, 0) is 43.5 Å². The van der Waals surface area contributed by atoms with Crippen LogP contribution in [0, 0.1) is 0 Å². The number of carbonyl (C=O) groups excluding carboxylic acids is 1. The minimum Gasteiger partial charge on any atom is -0.494 e. The molecule has 0 aliphatic heterocycles. The van der Waals surface area contributed by atoms with E-state index in [1.165, 1.54) is 19.3 Å². The van der Waals surface area contributed by atoms with Gasteiger partial charge in [0.2, 0.25) is 5.91 Å². The summed E-state index contributed by atoms with van der Waals surface area (Å²) in [4.78, 5) is 11.9. The normalized spacial score (nSPS) is 16.2.